The van der Waals surface area contributed by atoms with Gasteiger partial charge in [-0.1, -0.05) is 42.5 Å². The van der Waals surface area contributed by atoms with Gasteiger partial charge in [-0.2, -0.15) is 0 Å². The van der Waals surface area contributed by atoms with Crippen LogP contribution in [0.4, 0.5) is 0 Å². The Hall–Kier alpha value is -1.92. The lowest BCUT2D eigenvalue weighted by molar-refractivity contribution is 0.599. The van der Waals surface area contributed by atoms with E-state index in [0.29, 0.717) is 0 Å². The smallest absolute Gasteiger partial charge is 0.199 e. The van der Waals surface area contributed by atoms with Gasteiger partial charge in [0, 0.05) is 5.41 Å². The highest BCUT2D eigenvalue weighted by atomic mass is 32.2. The first-order chi connectivity index (χ1) is 9.92. The third kappa shape index (κ3) is 4.03. The first-order valence-corrected chi connectivity index (χ1v) is 9.36. The first kappa shape index (κ1) is 15.5. The third-order valence-corrected chi connectivity index (χ3v) is 5.87. The minimum atomic E-state index is -3.61. The Morgan fingerprint density at radius 3 is 1.71 bits per heavy atom. The van der Waals surface area contributed by atoms with E-state index in [2.05, 4.69) is 0 Å². The van der Waals surface area contributed by atoms with E-state index in [1.54, 1.807) is 36.4 Å². The molecule has 0 amide bonds. The molecule has 0 aliphatic heterocycles. The van der Waals surface area contributed by atoms with Gasteiger partial charge in [0.05, 0.1) is 15.5 Å². The molecule has 0 N–H and O–H groups in total. The number of sulfone groups is 2. The van der Waals surface area contributed by atoms with E-state index < -0.39 is 19.7 Å². The zero-order chi connectivity index (χ0) is 15.3. The highest BCUT2D eigenvalue weighted by Crippen LogP contribution is 2.13. The van der Waals surface area contributed by atoms with Crippen LogP contribution in [0, 0.1) is 0 Å². The van der Waals surface area contributed by atoms with Crippen molar-refractivity contribution in [1.29, 1.82) is 0 Å². The molecule has 0 aromatic heterocycles. The zero-order valence-electron chi connectivity index (χ0n) is 11.1. The molecule has 0 aliphatic rings. The van der Waals surface area contributed by atoms with Crippen molar-refractivity contribution in [3.63, 3.8) is 0 Å². The van der Waals surface area contributed by atoms with Crippen molar-refractivity contribution in [2.45, 2.75) is 9.79 Å². The molecule has 6 heteroatoms. The number of hydrogen-bond acceptors (Lipinski definition) is 4. The summed E-state index contributed by atoms with van der Waals surface area (Å²) in [7, 11) is -7.13. The average molecular weight is 322 g/mol. The van der Waals surface area contributed by atoms with Gasteiger partial charge in [-0.15, -0.1) is 0 Å². The predicted octanol–water partition coefficient (Wildman–Crippen LogP) is 2.45. The molecule has 0 spiro atoms. The Balaban J connectivity index is 2.17. The molecule has 110 valence electrons. The quantitative estimate of drug-likeness (QED) is 0.848. The molecular weight excluding hydrogens is 308 g/mol. The van der Waals surface area contributed by atoms with Gasteiger partial charge in [-0.05, 0) is 24.3 Å². The van der Waals surface area contributed by atoms with Crippen molar-refractivity contribution in [1.82, 2.24) is 0 Å². The zero-order valence-corrected chi connectivity index (χ0v) is 12.7. The van der Waals surface area contributed by atoms with Crippen LogP contribution in [-0.2, 0) is 19.7 Å². The van der Waals surface area contributed by atoms with E-state index in [9.17, 15) is 16.8 Å². The molecule has 21 heavy (non-hydrogen) atoms. The molecule has 0 fully saturated rings. The number of benzene rings is 2. The van der Waals surface area contributed by atoms with Gasteiger partial charge in [-0.25, -0.2) is 16.8 Å². The van der Waals surface area contributed by atoms with E-state index in [0.717, 1.165) is 11.5 Å². The Labute approximate surface area is 124 Å². The maximum atomic E-state index is 12.0. The van der Waals surface area contributed by atoms with Crippen molar-refractivity contribution in [3.05, 3.63) is 72.1 Å². The van der Waals surface area contributed by atoms with Crippen LogP contribution < -0.4 is 0 Å². The molecule has 4 nitrogen and oxygen atoms in total. The lowest BCUT2D eigenvalue weighted by Gasteiger charge is -2.01. The van der Waals surface area contributed by atoms with Crippen LogP contribution in [-0.4, -0.2) is 22.6 Å². The molecule has 2 aromatic carbocycles. The average Bonchev–Trinajstić information content (AvgIpc) is 2.49. The van der Waals surface area contributed by atoms with Crippen LogP contribution in [0.3, 0.4) is 0 Å². The molecule has 0 atom stereocenters. The summed E-state index contributed by atoms with van der Waals surface area (Å²) in [6.07, 6.45) is 1.16. The number of hydrogen-bond donors (Lipinski definition) is 0. The van der Waals surface area contributed by atoms with E-state index >= 15 is 0 Å². The second kappa shape index (κ2) is 6.24. The molecule has 0 aliphatic carbocycles. The Bertz CT molecular complexity index is 822. The summed E-state index contributed by atoms with van der Waals surface area (Å²) in [6, 6.07) is 15.8. The fourth-order valence-corrected chi connectivity index (χ4v) is 3.98. The maximum Gasteiger partial charge on any atom is 0.199 e. The molecule has 0 radical (unpaired) electrons. The van der Waals surface area contributed by atoms with Crippen molar-refractivity contribution in [3.8, 4) is 0 Å². The summed E-state index contributed by atoms with van der Waals surface area (Å²) in [6.45, 7) is 0. The maximum absolute atomic E-state index is 12.0. The van der Waals surface area contributed by atoms with Crippen LogP contribution >= 0.6 is 0 Å². The van der Waals surface area contributed by atoms with Gasteiger partial charge in [0.1, 0.15) is 0 Å². The van der Waals surface area contributed by atoms with E-state index in [1.807, 2.05) is 0 Å². The van der Waals surface area contributed by atoms with Crippen molar-refractivity contribution in [2.75, 3.05) is 5.75 Å². The van der Waals surface area contributed by atoms with E-state index in [-0.39, 0.29) is 15.5 Å². The van der Waals surface area contributed by atoms with Gasteiger partial charge in [0.15, 0.2) is 19.7 Å². The predicted molar refractivity (Wildman–Crippen MR) is 81.3 cm³/mol. The summed E-state index contributed by atoms with van der Waals surface area (Å²) >= 11 is 0. The van der Waals surface area contributed by atoms with Crippen LogP contribution in [0.15, 0.2) is 81.9 Å². The molecule has 0 saturated carbocycles. The Kier molecular flexibility index (Phi) is 4.59. The lowest BCUT2D eigenvalue weighted by Crippen LogP contribution is -2.05. The largest absolute Gasteiger partial charge is 0.223 e. The van der Waals surface area contributed by atoms with Gasteiger partial charge < -0.3 is 0 Å². The van der Waals surface area contributed by atoms with Crippen molar-refractivity contribution < 1.29 is 16.8 Å². The van der Waals surface area contributed by atoms with Crippen molar-refractivity contribution >= 4 is 19.7 Å². The molecule has 0 saturated heterocycles. The summed E-state index contributed by atoms with van der Waals surface area (Å²) in [4.78, 5) is 0.310. The SMILES string of the molecule is O=S(=O)(/C=C\CS(=O)(=O)c1ccccc1)c1ccccc1. The second-order valence-corrected chi connectivity index (χ2v) is 8.19. The molecule has 0 heterocycles. The molecule has 2 rings (SSSR count). The minimum Gasteiger partial charge on any atom is -0.223 e. The second-order valence-electron chi connectivity index (χ2n) is 4.32. The summed E-state index contributed by atoms with van der Waals surface area (Å²) in [5.74, 6) is -0.358. The fourth-order valence-electron chi connectivity index (χ4n) is 1.71. The van der Waals surface area contributed by atoms with Crippen LogP contribution in [0.5, 0.6) is 0 Å². The highest BCUT2D eigenvalue weighted by molar-refractivity contribution is 7.94. The molecule has 0 bridgehead atoms. The van der Waals surface area contributed by atoms with Gasteiger partial charge in [0.2, 0.25) is 0 Å². The lowest BCUT2D eigenvalue weighted by atomic mass is 10.4. The minimum absolute atomic E-state index is 0.137. The normalized spacial score (nSPS) is 12.6. The van der Waals surface area contributed by atoms with Crippen LogP contribution in [0.2, 0.25) is 0 Å². The summed E-state index contributed by atoms with van der Waals surface area (Å²) in [5, 5.41) is 0.933. The fraction of sp³-hybridized carbons (Fsp3) is 0.0667. The van der Waals surface area contributed by atoms with Crippen LogP contribution in [0.1, 0.15) is 0 Å². The van der Waals surface area contributed by atoms with Gasteiger partial charge in [-0.3, -0.25) is 0 Å². The summed E-state index contributed by atoms with van der Waals surface area (Å²) < 4.78 is 48.0. The Morgan fingerprint density at radius 1 is 0.714 bits per heavy atom. The highest BCUT2D eigenvalue weighted by Gasteiger charge is 2.13. The van der Waals surface area contributed by atoms with Gasteiger partial charge in [0.25, 0.3) is 0 Å². The third-order valence-electron chi connectivity index (χ3n) is 2.77. The first-order valence-electron chi connectivity index (χ1n) is 6.16. The molecular formula is C15H14O4S2. The van der Waals surface area contributed by atoms with E-state index in [4.69, 9.17) is 0 Å². The number of rotatable bonds is 5. The molecule has 0 unspecified atom stereocenters. The Morgan fingerprint density at radius 2 is 1.19 bits per heavy atom. The van der Waals surface area contributed by atoms with Crippen molar-refractivity contribution in [2.24, 2.45) is 0 Å². The monoisotopic (exact) mass is 322 g/mol. The topological polar surface area (TPSA) is 68.3 Å². The standard InChI is InChI=1S/C15H14O4S2/c16-20(17,14-8-3-1-4-9-14)12-7-13-21(18,19)15-10-5-2-6-11-15/h1-12H,13H2/b12-7-. The van der Waals surface area contributed by atoms with Gasteiger partial charge >= 0.3 is 0 Å². The van der Waals surface area contributed by atoms with Crippen LogP contribution in [0.25, 0.3) is 0 Å². The summed E-state index contributed by atoms with van der Waals surface area (Å²) in [5.41, 5.74) is 0. The van der Waals surface area contributed by atoms with E-state index in [1.165, 1.54) is 24.3 Å². The molecule has 2 aromatic rings.